The maximum Gasteiger partial charge on any atom is 0.119 e. The highest BCUT2D eigenvalue weighted by Crippen LogP contribution is 2.53. The molecule has 4 heteroatoms. The second-order valence-corrected chi connectivity index (χ2v) is 7.07. The van der Waals surface area contributed by atoms with Crippen molar-refractivity contribution < 1.29 is 9.84 Å². The standard InChI is InChI=1S/C18H22N2O2/c1-22-11-2-3-15-13(8-11)12-4-5-20-16-7-10(17(20)9-21)6-14(16)18(12)19-15/h2-3,8,10,14,16-17,19,21H,4-7,9H2,1H3/t10-,14-,16?,17?/m1/s1. The number of aliphatic hydroxyl groups excluding tert-OH is 1. The summed E-state index contributed by atoms with van der Waals surface area (Å²) in [5.74, 6) is 2.22. The summed E-state index contributed by atoms with van der Waals surface area (Å²) in [4.78, 5) is 6.29. The van der Waals surface area contributed by atoms with Gasteiger partial charge in [0.1, 0.15) is 5.75 Å². The normalized spacial score (nSPS) is 33.2. The van der Waals surface area contributed by atoms with Crippen LogP contribution in [0.5, 0.6) is 5.75 Å². The fraction of sp³-hybridized carbons (Fsp3) is 0.556. The Bertz CT molecular complexity index is 738. The van der Waals surface area contributed by atoms with Crippen molar-refractivity contribution in [2.45, 2.75) is 37.3 Å². The van der Waals surface area contributed by atoms with E-state index in [-0.39, 0.29) is 0 Å². The summed E-state index contributed by atoms with van der Waals surface area (Å²) < 4.78 is 5.41. The van der Waals surface area contributed by atoms with Crippen molar-refractivity contribution in [1.82, 2.24) is 9.88 Å². The number of H-pyrrole nitrogens is 1. The minimum Gasteiger partial charge on any atom is -0.497 e. The van der Waals surface area contributed by atoms with Crippen LogP contribution in [0.4, 0.5) is 0 Å². The molecule has 2 aromatic rings. The maximum atomic E-state index is 9.73. The molecule has 1 aromatic carbocycles. The van der Waals surface area contributed by atoms with Gasteiger partial charge in [-0.2, -0.15) is 0 Å². The number of aromatic amines is 1. The van der Waals surface area contributed by atoms with Crippen LogP contribution >= 0.6 is 0 Å². The maximum absolute atomic E-state index is 9.73. The van der Waals surface area contributed by atoms with E-state index in [4.69, 9.17) is 4.74 Å². The Morgan fingerprint density at radius 3 is 3.09 bits per heavy atom. The smallest absolute Gasteiger partial charge is 0.119 e. The molecule has 1 saturated carbocycles. The lowest BCUT2D eigenvalue weighted by atomic mass is 9.90. The van der Waals surface area contributed by atoms with E-state index in [0.29, 0.717) is 30.5 Å². The van der Waals surface area contributed by atoms with Crippen LogP contribution in [-0.4, -0.2) is 47.3 Å². The minimum absolute atomic E-state index is 0.316. The topological polar surface area (TPSA) is 48.5 Å². The van der Waals surface area contributed by atoms with Gasteiger partial charge >= 0.3 is 0 Å². The van der Waals surface area contributed by atoms with Gasteiger partial charge in [-0.1, -0.05) is 0 Å². The molecule has 2 fully saturated rings. The molecule has 3 aliphatic rings. The summed E-state index contributed by atoms with van der Waals surface area (Å²) in [5.41, 5.74) is 4.17. The van der Waals surface area contributed by atoms with Crippen molar-refractivity contribution in [3.05, 3.63) is 29.5 Å². The van der Waals surface area contributed by atoms with Crippen molar-refractivity contribution >= 4 is 10.9 Å². The molecule has 2 unspecified atom stereocenters. The zero-order valence-corrected chi connectivity index (χ0v) is 12.9. The monoisotopic (exact) mass is 298 g/mol. The zero-order valence-electron chi connectivity index (χ0n) is 12.9. The molecule has 0 spiro atoms. The number of aliphatic hydroxyl groups is 1. The molecule has 2 N–H and O–H groups in total. The zero-order chi connectivity index (χ0) is 14.8. The van der Waals surface area contributed by atoms with Crippen molar-refractivity contribution in [3.8, 4) is 5.75 Å². The van der Waals surface area contributed by atoms with E-state index in [9.17, 15) is 5.11 Å². The lowest BCUT2D eigenvalue weighted by Crippen LogP contribution is -2.45. The molecule has 116 valence electrons. The average Bonchev–Trinajstić information content (AvgIpc) is 3.20. The van der Waals surface area contributed by atoms with Crippen LogP contribution in [0.2, 0.25) is 0 Å². The Morgan fingerprint density at radius 2 is 2.27 bits per heavy atom. The number of nitrogens with one attached hydrogen (secondary N) is 1. The second kappa shape index (κ2) is 4.49. The number of hydrogen-bond acceptors (Lipinski definition) is 3. The lowest BCUT2D eigenvalue weighted by molar-refractivity contribution is 0.0783. The van der Waals surface area contributed by atoms with Crippen molar-refractivity contribution in [2.24, 2.45) is 5.92 Å². The molecular formula is C18H22N2O2. The number of nitrogens with zero attached hydrogens (tertiary/aromatic N) is 1. The van der Waals surface area contributed by atoms with Gasteiger partial charge in [0.15, 0.2) is 0 Å². The van der Waals surface area contributed by atoms with Crippen LogP contribution in [0.1, 0.15) is 30.0 Å². The summed E-state index contributed by atoms with van der Waals surface area (Å²) in [7, 11) is 1.73. The third kappa shape index (κ3) is 1.54. The van der Waals surface area contributed by atoms with Gasteiger partial charge in [0, 0.05) is 41.1 Å². The summed E-state index contributed by atoms with van der Waals surface area (Å²) in [6.07, 6.45) is 3.55. The largest absolute Gasteiger partial charge is 0.497 e. The molecule has 4 atom stereocenters. The molecule has 22 heavy (non-hydrogen) atoms. The van der Waals surface area contributed by atoms with Crippen molar-refractivity contribution in [3.63, 3.8) is 0 Å². The van der Waals surface area contributed by atoms with Gasteiger partial charge in [0.05, 0.1) is 13.7 Å². The molecule has 2 aliphatic heterocycles. The first-order valence-electron chi connectivity index (χ1n) is 8.35. The second-order valence-electron chi connectivity index (χ2n) is 7.07. The fourth-order valence-electron chi connectivity index (χ4n) is 5.35. The molecule has 5 rings (SSSR count). The molecule has 1 saturated heterocycles. The summed E-state index contributed by atoms with van der Waals surface area (Å²) in [5, 5.41) is 11.1. The van der Waals surface area contributed by atoms with E-state index in [1.165, 1.54) is 35.0 Å². The van der Waals surface area contributed by atoms with Crippen LogP contribution in [0.3, 0.4) is 0 Å². The van der Waals surface area contributed by atoms with Gasteiger partial charge < -0.3 is 14.8 Å². The van der Waals surface area contributed by atoms with Gasteiger partial charge in [-0.05, 0) is 48.9 Å². The highest BCUT2D eigenvalue weighted by Gasteiger charge is 2.53. The quantitative estimate of drug-likeness (QED) is 0.894. The van der Waals surface area contributed by atoms with Crippen LogP contribution in [0.15, 0.2) is 18.2 Å². The molecule has 0 radical (unpaired) electrons. The van der Waals surface area contributed by atoms with E-state index in [1.54, 1.807) is 7.11 Å². The van der Waals surface area contributed by atoms with Crippen molar-refractivity contribution in [1.29, 1.82) is 0 Å². The molecule has 1 aliphatic carbocycles. The van der Waals surface area contributed by atoms with Crippen molar-refractivity contribution in [2.75, 3.05) is 20.3 Å². The Hall–Kier alpha value is -1.52. The van der Waals surface area contributed by atoms with Crippen LogP contribution < -0.4 is 4.74 Å². The van der Waals surface area contributed by atoms with E-state index in [0.717, 1.165) is 18.7 Å². The molecule has 2 bridgehead atoms. The number of ether oxygens (including phenoxy) is 1. The summed E-state index contributed by atoms with van der Waals surface area (Å²) in [6.45, 7) is 1.39. The Morgan fingerprint density at radius 1 is 1.36 bits per heavy atom. The first-order chi connectivity index (χ1) is 10.8. The fourth-order valence-corrected chi connectivity index (χ4v) is 5.35. The number of methoxy groups -OCH3 is 1. The number of piperidine rings is 1. The van der Waals surface area contributed by atoms with Gasteiger partial charge in [-0.15, -0.1) is 0 Å². The third-order valence-electron chi connectivity index (χ3n) is 6.29. The third-order valence-corrected chi connectivity index (χ3v) is 6.29. The first-order valence-corrected chi connectivity index (χ1v) is 8.35. The predicted octanol–water partition coefficient (Wildman–Crippen LogP) is 2.27. The SMILES string of the molecule is COc1ccc2[nH]c3c(c2c1)CCN1C(CO)[C@H]2CC1[C@H]3C2. The molecular weight excluding hydrogens is 276 g/mol. The molecule has 1 aromatic heterocycles. The first kappa shape index (κ1) is 13.0. The number of benzene rings is 1. The highest BCUT2D eigenvalue weighted by atomic mass is 16.5. The van der Waals surface area contributed by atoms with Gasteiger partial charge in [-0.3, -0.25) is 4.90 Å². The van der Waals surface area contributed by atoms with Crippen LogP contribution in [0, 0.1) is 5.92 Å². The van der Waals surface area contributed by atoms with Gasteiger partial charge in [0.2, 0.25) is 0 Å². The molecule has 3 heterocycles. The number of rotatable bonds is 2. The Labute approximate surface area is 130 Å². The van der Waals surface area contributed by atoms with Crippen LogP contribution in [-0.2, 0) is 6.42 Å². The Balaban J connectivity index is 1.64. The van der Waals surface area contributed by atoms with E-state index in [1.807, 2.05) is 6.07 Å². The summed E-state index contributed by atoms with van der Waals surface area (Å²) >= 11 is 0. The van der Waals surface area contributed by atoms with E-state index < -0.39 is 0 Å². The van der Waals surface area contributed by atoms with Crippen LogP contribution in [0.25, 0.3) is 10.9 Å². The number of aromatic nitrogens is 1. The number of hydrogen-bond donors (Lipinski definition) is 2. The minimum atomic E-state index is 0.316. The van der Waals surface area contributed by atoms with E-state index in [2.05, 4.69) is 22.0 Å². The highest BCUT2D eigenvalue weighted by molar-refractivity contribution is 5.86. The Kier molecular flexibility index (Phi) is 2.65. The average molecular weight is 298 g/mol. The predicted molar refractivity (Wildman–Crippen MR) is 85.4 cm³/mol. The summed E-state index contributed by atoms with van der Waals surface area (Å²) in [6, 6.07) is 7.37. The lowest BCUT2D eigenvalue weighted by Gasteiger charge is -2.36. The van der Waals surface area contributed by atoms with E-state index >= 15 is 0 Å². The number of fused-ring (bicyclic) bond motifs is 5. The molecule has 4 nitrogen and oxygen atoms in total. The van der Waals surface area contributed by atoms with Gasteiger partial charge in [-0.25, -0.2) is 0 Å². The molecule has 0 amide bonds. The van der Waals surface area contributed by atoms with Gasteiger partial charge in [0.25, 0.3) is 0 Å².